The third-order valence-corrected chi connectivity index (χ3v) is 3.09. The first kappa shape index (κ1) is 13.9. The molecule has 0 aliphatic rings. The summed E-state index contributed by atoms with van der Waals surface area (Å²) in [5, 5.41) is 8.75. The lowest BCUT2D eigenvalue weighted by atomic mass is 10.1. The van der Waals surface area contributed by atoms with Crippen LogP contribution in [-0.4, -0.2) is 14.2 Å². The molecule has 0 bridgehead atoms. The number of nitrogens with zero attached hydrogens (tertiary/aromatic N) is 2. The van der Waals surface area contributed by atoms with E-state index >= 15 is 0 Å². The van der Waals surface area contributed by atoms with Gasteiger partial charge in [-0.25, -0.2) is 4.39 Å². The Bertz CT molecular complexity index is 649. The average Bonchev–Trinajstić information content (AvgIpc) is 2.47. The summed E-state index contributed by atoms with van der Waals surface area (Å²) in [5.74, 6) is 0.370. The van der Waals surface area contributed by atoms with E-state index in [1.807, 2.05) is 30.3 Å². The van der Waals surface area contributed by atoms with E-state index in [2.05, 4.69) is 0 Å². The molecule has 0 atom stereocenters. The van der Waals surface area contributed by atoms with Crippen LogP contribution in [0.5, 0.6) is 5.75 Å². The van der Waals surface area contributed by atoms with Gasteiger partial charge < -0.3 is 9.64 Å². The fourth-order valence-corrected chi connectivity index (χ4v) is 2.06. The SMILES string of the molecule is COc1ccccc1CN(C)c1ccc(C#N)cc1F. The first-order valence-electron chi connectivity index (χ1n) is 6.18. The van der Waals surface area contributed by atoms with Gasteiger partial charge in [0, 0.05) is 19.2 Å². The first-order valence-corrected chi connectivity index (χ1v) is 6.18. The minimum atomic E-state index is -0.401. The van der Waals surface area contributed by atoms with E-state index < -0.39 is 5.82 Å². The zero-order valence-electron chi connectivity index (χ0n) is 11.4. The van der Waals surface area contributed by atoms with Crippen LogP contribution in [-0.2, 0) is 6.54 Å². The van der Waals surface area contributed by atoms with Gasteiger partial charge in [0.2, 0.25) is 0 Å². The predicted molar refractivity (Wildman–Crippen MR) is 76.2 cm³/mol. The maximum Gasteiger partial charge on any atom is 0.147 e. The van der Waals surface area contributed by atoms with Crippen molar-refractivity contribution in [3.63, 3.8) is 0 Å². The second kappa shape index (κ2) is 6.07. The summed E-state index contributed by atoms with van der Waals surface area (Å²) in [6.07, 6.45) is 0. The maximum atomic E-state index is 13.9. The van der Waals surface area contributed by atoms with E-state index in [1.165, 1.54) is 6.07 Å². The highest BCUT2D eigenvalue weighted by Crippen LogP contribution is 2.24. The lowest BCUT2D eigenvalue weighted by Crippen LogP contribution is -2.18. The van der Waals surface area contributed by atoms with Gasteiger partial charge in [-0.2, -0.15) is 5.26 Å². The number of methoxy groups -OCH3 is 1. The minimum absolute atomic E-state index is 0.317. The fraction of sp³-hybridized carbons (Fsp3) is 0.188. The monoisotopic (exact) mass is 270 g/mol. The van der Waals surface area contributed by atoms with Crippen LogP contribution in [0.3, 0.4) is 0 Å². The van der Waals surface area contributed by atoms with Crippen LogP contribution < -0.4 is 9.64 Å². The molecule has 0 N–H and O–H groups in total. The number of benzene rings is 2. The number of hydrogen-bond donors (Lipinski definition) is 0. The molecule has 2 rings (SSSR count). The molecule has 0 aliphatic heterocycles. The average molecular weight is 270 g/mol. The summed E-state index contributed by atoms with van der Waals surface area (Å²) in [6, 6.07) is 14.0. The third-order valence-electron chi connectivity index (χ3n) is 3.09. The van der Waals surface area contributed by atoms with Crippen molar-refractivity contribution in [2.45, 2.75) is 6.54 Å². The highest BCUT2D eigenvalue weighted by Gasteiger charge is 2.11. The fourth-order valence-electron chi connectivity index (χ4n) is 2.06. The molecule has 102 valence electrons. The normalized spacial score (nSPS) is 9.90. The van der Waals surface area contributed by atoms with Crippen LogP contribution in [0.25, 0.3) is 0 Å². The van der Waals surface area contributed by atoms with E-state index in [9.17, 15) is 4.39 Å². The second-order valence-electron chi connectivity index (χ2n) is 4.45. The van der Waals surface area contributed by atoms with E-state index in [1.54, 1.807) is 31.2 Å². The van der Waals surface area contributed by atoms with E-state index in [0.29, 0.717) is 17.8 Å². The zero-order chi connectivity index (χ0) is 14.5. The Kier molecular flexibility index (Phi) is 4.21. The first-order chi connectivity index (χ1) is 9.65. The van der Waals surface area contributed by atoms with Crippen LogP contribution in [0, 0.1) is 17.1 Å². The summed E-state index contributed by atoms with van der Waals surface area (Å²) >= 11 is 0. The van der Waals surface area contributed by atoms with Crippen molar-refractivity contribution in [1.82, 2.24) is 0 Å². The number of nitriles is 1. The van der Waals surface area contributed by atoms with Crippen LogP contribution in [0.2, 0.25) is 0 Å². The lowest BCUT2D eigenvalue weighted by molar-refractivity contribution is 0.409. The molecule has 2 aromatic rings. The number of hydrogen-bond acceptors (Lipinski definition) is 3. The molecule has 4 heteroatoms. The molecule has 0 saturated carbocycles. The summed E-state index contributed by atoms with van der Waals surface area (Å²) < 4.78 is 19.2. The van der Waals surface area contributed by atoms with Crippen LogP contribution in [0.4, 0.5) is 10.1 Å². The summed E-state index contributed by atoms with van der Waals surface area (Å²) in [6.45, 7) is 0.521. The van der Waals surface area contributed by atoms with Gasteiger partial charge in [0.15, 0.2) is 0 Å². The van der Waals surface area contributed by atoms with Crippen LogP contribution in [0.1, 0.15) is 11.1 Å². The van der Waals surface area contributed by atoms with Crippen molar-refractivity contribution in [2.24, 2.45) is 0 Å². The van der Waals surface area contributed by atoms with Crippen LogP contribution >= 0.6 is 0 Å². The van der Waals surface area contributed by atoms with E-state index in [0.717, 1.165) is 11.3 Å². The molecule has 0 saturated heterocycles. The molecule has 0 spiro atoms. The van der Waals surface area contributed by atoms with Crippen molar-refractivity contribution in [2.75, 3.05) is 19.1 Å². The minimum Gasteiger partial charge on any atom is -0.496 e. The number of ether oxygens (including phenoxy) is 1. The third kappa shape index (κ3) is 2.89. The molecule has 0 amide bonds. The molecule has 0 radical (unpaired) electrons. The Hall–Kier alpha value is -2.54. The Labute approximate surface area is 117 Å². The summed E-state index contributed by atoms with van der Waals surface area (Å²) in [7, 11) is 3.41. The topological polar surface area (TPSA) is 36.3 Å². The molecule has 0 fully saturated rings. The van der Waals surface area contributed by atoms with Crippen molar-refractivity contribution in [3.05, 3.63) is 59.4 Å². The smallest absolute Gasteiger partial charge is 0.147 e. The Morgan fingerprint density at radius 2 is 2.00 bits per heavy atom. The largest absolute Gasteiger partial charge is 0.496 e. The van der Waals surface area contributed by atoms with E-state index in [4.69, 9.17) is 10.00 Å². The molecule has 3 nitrogen and oxygen atoms in total. The van der Waals surface area contributed by atoms with Gasteiger partial charge in [-0.3, -0.25) is 0 Å². The molecule has 0 aliphatic carbocycles. The summed E-state index contributed by atoms with van der Waals surface area (Å²) in [4.78, 5) is 1.79. The Morgan fingerprint density at radius 1 is 1.25 bits per heavy atom. The van der Waals surface area contributed by atoms with Gasteiger partial charge >= 0.3 is 0 Å². The van der Waals surface area contributed by atoms with Gasteiger partial charge in [-0.15, -0.1) is 0 Å². The molecular weight excluding hydrogens is 255 g/mol. The molecule has 0 aromatic heterocycles. The molecule has 0 unspecified atom stereocenters. The van der Waals surface area contributed by atoms with E-state index in [-0.39, 0.29) is 0 Å². The Morgan fingerprint density at radius 3 is 2.65 bits per heavy atom. The van der Waals surface area contributed by atoms with Crippen molar-refractivity contribution in [1.29, 1.82) is 5.26 Å². The second-order valence-corrected chi connectivity index (χ2v) is 4.45. The predicted octanol–water partition coefficient (Wildman–Crippen LogP) is 3.34. The van der Waals surface area contributed by atoms with Crippen molar-refractivity contribution in [3.8, 4) is 11.8 Å². The van der Waals surface area contributed by atoms with Gasteiger partial charge in [-0.1, -0.05) is 18.2 Å². The van der Waals surface area contributed by atoms with Gasteiger partial charge in [0.05, 0.1) is 24.4 Å². The molecule has 2 aromatic carbocycles. The zero-order valence-corrected chi connectivity index (χ0v) is 11.4. The highest BCUT2D eigenvalue weighted by atomic mass is 19.1. The number of para-hydroxylation sites is 1. The molecule has 20 heavy (non-hydrogen) atoms. The quantitative estimate of drug-likeness (QED) is 0.855. The molecular formula is C16H15FN2O. The van der Waals surface area contributed by atoms with Gasteiger partial charge in [-0.05, 0) is 24.3 Å². The van der Waals surface area contributed by atoms with Crippen molar-refractivity contribution >= 4 is 5.69 Å². The van der Waals surface area contributed by atoms with Gasteiger partial charge in [0.25, 0.3) is 0 Å². The molecule has 0 heterocycles. The highest BCUT2D eigenvalue weighted by molar-refractivity contribution is 5.51. The van der Waals surface area contributed by atoms with Crippen LogP contribution in [0.15, 0.2) is 42.5 Å². The lowest BCUT2D eigenvalue weighted by Gasteiger charge is -2.21. The maximum absolute atomic E-state index is 13.9. The number of halogens is 1. The number of anilines is 1. The van der Waals surface area contributed by atoms with Crippen molar-refractivity contribution < 1.29 is 9.13 Å². The number of rotatable bonds is 4. The summed E-state index contributed by atoms with van der Waals surface area (Å²) in [5.41, 5.74) is 1.74. The standard InChI is InChI=1S/C16H15FN2O/c1-19(11-13-5-3-4-6-16(13)20-2)15-8-7-12(10-18)9-14(15)17/h3-9H,11H2,1-2H3. The van der Waals surface area contributed by atoms with Gasteiger partial charge in [0.1, 0.15) is 11.6 Å². The Balaban J connectivity index is 2.24.